The van der Waals surface area contributed by atoms with Gasteiger partial charge in [-0.1, -0.05) is 24.4 Å². The Bertz CT molecular complexity index is 473. The first-order valence-corrected chi connectivity index (χ1v) is 6.84. The van der Waals surface area contributed by atoms with Gasteiger partial charge in [-0.2, -0.15) is 4.31 Å². The molecule has 0 N–H and O–H groups in total. The predicted molar refractivity (Wildman–Crippen MR) is 62.6 cm³/mol. The van der Waals surface area contributed by atoms with Crippen LogP contribution in [0, 0.1) is 12.3 Å². The summed E-state index contributed by atoms with van der Waals surface area (Å²) in [6.45, 7) is 2.17. The second-order valence-corrected chi connectivity index (χ2v) is 6.57. The fraction of sp³-hybridized carbons (Fsp3) is 0.333. The van der Waals surface area contributed by atoms with E-state index in [1.165, 1.54) is 10.4 Å². The van der Waals surface area contributed by atoms with Crippen molar-refractivity contribution in [3.8, 4) is 12.3 Å². The van der Waals surface area contributed by atoms with Crippen LogP contribution in [-0.4, -0.2) is 25.8 Å². The van der Waals surface area contributed by atoms with Crippen LogP contribution in [0.2, 0.25) is 4.34 Å². The number of thiophene rings is 1. The second-order valence-electron chi connectivity index (χ2n) is 2.69. The van der Waals surface area contributed by atoms with Crippen LogP contribution in [0.4, 0.5) is 0 Å². The van der Waals surface area contributed by atoms with Crippen LogP contribution in [-0.2, 0) is 10.0 Å². The molecule has 1 aromatic heterocycles. The minimum absolute atomic E-state index is 0.0777. The molecule has 0 amide bonds. The van der Waals surface area contributed by atoms with Crippen molar-refractivity contribution in [2.24, 2.45) is 0 Å². The van der Waals surface area contributed by atoms with Gasteiger partial charge in [0.2, 0.25) is 0 Å². The molecule has 15 heavy (non-hydrogen) atoms. The smallest absolute Gasteiger partial charge is 0.206 e. The number of sulfonamides is 1. The van der Waals surface area contributed by atoms with E-state index in [1.807, 2.05) is 0 Å². The van der Waals surface area contributed by atoms with Crippen molar-refractivity contribution in [3.05, 3.63) is 16.5 Å². The first kappa shape index (κ1) is 12.5. The highest BCUT2D eigenvalue weighted by atomic mass is 35.5. The first-order valence-electron chi connectivity index (χ1n) is 4.21. The molecule has 0 saturated heterocycles. The molecule has 0 spiro atoms. The molecule has 0 atom stereocenters. The van der Waals surface area contributed by atoms with Gasteiger partial charge < -0.3 is 0 Å². The summed E-state index contributed by atoms with van der Waals surface area (Å²) in [6.07, 6.45) is 5.11. The van der Waals surface area contributed by atoms with Gasteiger partial charge >= 0.3 is 0 Å². The average Bonchev–Trinajstić information content (AvgIpc) is 2.61. The molecular weight excluding hydrogens is 254 g/mol. The maximum absolute atomic E-state index is 11.9. The molecule has 0 fully saturated rings. The zero-order valence-electron chi connectivity index (χ0n) is 8.10. The number of rotatable bonds is 4. The van der Waals surface area contributed by atoms with Gasteiger partial charge in [0, 0.05) is 6.54 Å². The molecule has 0 aliphatic heterocycles. The number of nitrogens with zero attached hydrogens (tertiary/aromatic N) is 1. The normalized spacial score (nSPS) is 11.6. The van der Waals surface area contributed by atoms with Crippen LogP contribution >= 0.6 is 22.9 Å². The largest absolute Gasteiger partial charge is 0.253 e. The molecule has 0 saturated carbocycles. The highest BCUT2D eigenvalue weighted by Gasteiger charge is 2.23. The topological polar surface area (TPSA) is 37.4 Å². The lowest BCUT2D eigenvalue weighted by molar-refractivity contribution is 0.466. The Hall–Kier alpha value is -0.540. The molecule has 0 aromatic carbocycles. The molecular formula is C9H10ClNO2S2. The van der Waals surface area contributed by atoms with Crippen LogP contribution in [0.3, 0.4) is 0 Å². The quantitative estimate of drug-likeness (QED) is 0.780. The van der Waals surface area contributed by atoms with E-state index >= 15 is 0 Å². The standard InChI is InChI=1S/C9H10ClNO2S2/c1-3-7-11(4-2)15(12,13)9-6-5-8(10)14-9/h1,5-6H,4,7H2,2H3. The van der Waals surface area contributed by atoms with Gasteiger partial charge in [0.15, 0.2) is 0 Å². The van der Waals surface area contributed by atoms with Crippen molar-refractivity contribution in [2.75, 3.05) is 13.1 Å². The number of terminal acetylenes is 1. The van der Waals surface area contributed by atoms with Crippen LogP contribution in [0.25, 0.3) is 0 Å². The summed E-state index contributed by atoms with van der Waals surface area (Å²) < 4.78 is 25.8. The highest BCUT2D eigenvalue weighted by Crippen LogP contribution is 2.27. The average molecular weight is 264 g/mol. The Morgan fingerprint density at radius 3 is 2.67 bits per heavy atom. The van der Waals surface area contributed by atoms with Crippen molar-refractivity contribution in [3.63, 3.8) is 0 Å². The van der Waals surface area contributed by atoms with Gasteiger partial charge in [0.05, 0.1) is 10.9 Å². The molecule has 6 heteroatoms. The molecule has 82 valence electrons. The summed E-state index contributed by atoms with van der Waals surface area (Å²) in [6, 6.07) is 3.05. The highest BCUT2D eigenvalue weighted by molar-refractivity contribution is 7.91. The first-order chi connectivity index (χ1) is 7.02. The molecule has 0 bridgehead atoms. The second kappa shape index (κ2) is 4.99. The van der Waals surface area contributed by atoms with E-state index in [2.05, 4.69) is 5.92 Å². The van der Waals surface area contributed by atoms with Gasteiger partial charge in [-0.05, 0) is 12.1 Å². The Morgan fingerprint density at radius 1 is 1.60 bits per heavy atom. The third-order valence-electron chi connectivity index (χ3n) is 1.76. The lowest BCUT2D eigenvalue weighted by Gasteiger charge is -2.16. The lowest BCUT2D eigenvalue weighted by atomic mass is 10.6. The van der Waals surface area contributed by atoms with E-state index in [1.54, 1.807) is 13.0 Å². The van der Waals surface area contributed by atoms with Crippen molar-refractivity contribution in [1.82, 2.24) is 4.31 Å². The summed E-state index contributed by atoms with van der Waals surface area (Å²) in [5.74, 6) is 2.32. The zero-order chi connectivity index (χ0) is 11.5. The molecule has 0 unspecified atom stereocenters. The van der Waals surface area contributed by atoms with E-state index in [9.17, 15) is 8.42 Å². The Balaban J connectivity index is 3.07. The van der Waals surface area contributed by atoms with Gasteiger partial charge in [-0.25, -0.2) is 8.42 Å². The van der Waals surface area contributed by atoms with E-state index in [0.29, 0.717) is 10.9 Å². The summed E-state index contributed by atoms with van der Waals surface area (Å²) in [4.78, 5) is 0. The molecule has 0 radical (unpaired) electrons. The van der Waals surface area contributed by atoms with Crippen molar-refractivity contribution >= 4 is 33.0 Å². The number of hydrogen-bond acceptors (Lipinski definition) is 3. The minimum atomic E-state index is -3.47. The third-order valence-corrected chi connectivity index (χ3v) is 5.38. The van der Waals surface area contributed by atoms with Crippen LogP contribution in [0.1, 0.15) is 6.92 Å². The Morgan fingerprint density at radius 2 is 2.27 bits per heavy atom. The number of halogens is 1. The molecule has 1 heterocycles. The third kappa shape index (κ3) is 2.73. The zero-order valence-corrected chi connectivity index (χ0v) is 10.5. The SMILES string of the molecule is C#CCN(CC)S(=O)(=O)c1ccc(Cl)s1. The fourth-order valence-electron chi connectivity index (χ4n) is 1.03. The van der Waals surface area contributed by atoms with E-state index in [4.69, 9.17) is 18.0 Å². The monoisotopic (exact) mass is 263 g/mol. The molecule has 1 aromatic rings. The van der Waals surface area contributed by atoms with Gasteiger partial charge in [-0.15, -0.1) is 17.8 Å². The molecule has 0 aliphatic carbocycles. The Kier molecular flexibility index (Phi) is 4.17. The fourth-order valence-corrected chi connectivity index (χ4v) is 4.03. The van der Waals surface area contributed by atoms with Crippen molar-refractivity contribution in [1.29, 1.82) is 0 Å². The molecule has 3 nitrogen and oxygen atoms in total. The summed E-state index contributed by atoms with van der Waals surface area (Å²) in [5, 5.41) is 0. The summed E-state index contributed by atoms with van der Waals surface area (Å²) in [5.41, 5.74) is 0. The maximum Gasteiger partial charge on any atom is 0.253 e. The molecule has 1 rings (SSSR count). The van der Waals surface area contributed by atoms with Gasteiger partial charge in [-0.3, -0.25) is 0 Å². The predicted octanol–water partition coefficient (Wildman–Crippen LogP) is 2.05. The molecule has 0 aliphatic rings. The Labute approximate surface area is 98.7 Å². The minimum Gasteiger partial charge on any atom is -0.206 e. The van der Waals surface area contributed by atoms with E-state index in [-0.39, 0.29) is 10.8 Å². The maximum atomic E-state index is 11.9. The van der Waals surface area contributed by atoms with Crippen LogP contribution < -0.4 is 0 Å². The van der Waals surface area contributed by atoms with Crippen molar-refractivity contribution in [2.45, 2.75) is 11.1 Å². The van der Waals surface area contributed by atoms with Gasteiger partial charge in [0.1, 0.15) is 4.21 Å². The summed E-state index contributed by atoms with van der Waals surface area (Å²) >= 11 is 6.72. The van der Waals surface area contributed by atoms with Crippen molar-refractivity contribution < 1.29 is 8.42 Å². The van der Waals surface area contributed by atoms with Crippen LogP contribution in [0.15, 0.2) is 16.3 Å². The number of hydrogen-bond donors (Lipinski definition) is 0. The van der Waals surface area contributed by atoms with Gasteiger partial charge in [0.25, 0.3) is 10.0 Å². The lowest BCUT2D eigenvalue weighted by Crippen LogP contribution is -2.30. The summed E-state index contributed by atoms with van der Waals surface area (Å²) in [7, 11) is -3.47. The van der Waals surface area contributed by atoms with E-state index in [0.717, 1.165) is 11.3 Å². The van der Waals surface area contributed by atoms with Crippen LogP contribution in [0.5, 0.6) is 0 Å². The van der Waals surface area contributed by atoms with E-state index < -0.39 is 10.0 Å².